The Morgan fingerprint density at radius 2 is 1.78 bits per heavy atom. The van der Waals surface area contributed by atoms with Gasteiger partial charge in [-0.1, -0.05) is 6.92 Å². The first-order chi connectivity index (χ1) is 13.2. The largest absolute Gasteiger partial charge is 0.441 e. The standard InChI is InChI=1S/C20H36N4O3/c1-2-21-9-11-22(12-10-21)13-14-24-17-20(27-19(24)25)5-7-23(8-6-20)18-4-3-15-26-16-18/h18H,2-17H2,1H3/t18-/m0/s1. The first-order valence-electron chi connectivity index (χ1n) is 10.9. The predicted octanol–water partition coefficient (Wildman–Crippen LogP) is 1.09. The van der Waals surface area contributed by atoms with Crippen LogP contribution in [-0.2, 0) is 9.47 Å². The number of hydrogen-bond acceptors (Lipinski definition) is 6. The van der Waals surface area contributed by atoms with E-state index in [0.29, 0.717) is 6.04 Å². The zero-order valence-electron chi connectivity index (χ0n) is 16.9. The van der Waals surface area contributed by atoms with E-state index in [4.69, 9.17) is 9.47 Å². The molecule has 4 heterocycles. The lowest BCUT2D eigenvalue weighted by Crippen LogP contribution is -2.52. The summed E-state index contributed by atoms with van der Waals surface area (Å²) in [6.45, 7) is 14.2. The fourth-order valence-electron chi connectivity index (χ4n) is 5.02. The molecule has 0 bridgehead atoms. The van der Waals surface area contributed by atoms with Gasteiger partial charge in [-0.3, -0.25) is 9.80 Å². The monoisotopic (exact) mass is 380 g/mol. The third-order valence-corrected chi connectivity index (χ3v) is 7.00. The van der Waals surface area contributed by atoms with Crippen molar-refractivity contribution in [2.75, 3.05) is 78.7 Å². The minimum atomic E-state index is -0.246. The van der Waals surface area contributed by atoms with Gasteiger partial charge in [-0.05, 0) is 19.4 Å². The van der Waals surface area contributed by atoms with Gasteiger partial charge in [-0.15, -0.1) is 0 Å². The summed E-state index contributed by atoms with van der Waals surface area (Å²) in [6, 6.07) is 0.561. The number of amides is 1. The fraction of sp³-hybridized carbons (Fsp3) is 0.950. The van der Waals surface area contributed by atoms with Crippen LogP contribution in [-0.4, -0.2) is 116 Å². The lowest BCUT2D eigenvalue weighted by molar-refractivity contribution is -0.0389. The molecular weight excluding hydrogens is 344 g/mol. The van der Waals surface area contributed by atoms with Gasteiger partial charge in [0, 0.05) is 77.8 Å². The van der Waals surface area contributed by atoms with E-state index in [0.717, 1.165) is 91.5 Å². The summed E-state index contributed by atoms with van der Waals surface area (Å²) in [5.74, 6) is 0. The van der Waals surface area contributed by atoms with E-state index < -0.39 is 0 Å². The summed E-state index contributed by atoms with van der Waals surface area (Å²) in [5, 5.41) is 0. The number of ether oxygens (including phenoxy) is 2. The van der Waals surface area contributed by atoms with Gasteiger partial charge in [0.15, 0.2) is 0 Å². The SMILES string of the molecule is CCN1CCN(CCN2CC3(CCN([C@H]4CCCOC4)CC3)OC2=O)CC1. The number of hydrogen-bond donors (Lipinski definition) is 0. The van der Waals surface area contributed by atoms with Gasteiger partial charge in [0.2, 0.25) is 0 Å². The van der Waals surface area contributed by atoms with Crippen LogP contribution in [0.2, 0.25) is 0 Å². The van der Waals surface area contributed by atoms with Gasteiger partial charge in [0.05, 0.1) is 13.2 Å². The van der Waals surface area contributed by atoms with Crippen LogP contribution in [0.4, 0.5) is 4.79 Å². The maximum Gasteiger partial charge on any atom is 0.410 e. The lowest BCUT2D eigenvalue weighted by atomic mass is 9.90. The van der Waals surface area contributed by atoms with E-state index in [1.54, 1.807) is 0 Å². The lowest BCUT2D eigenvalue weighted by Gasteiger charge is -2.42. The average Bonchev–Trinajstić information content (AvgIpc) is 3.03. The maximum absolute atomic E-state index is 12.4. The molecule has 4 aliphatic rings. The number of carbonyl (C=O) groups is 1. The van der Waals surface area contributed by atoms with Gasteiger partial charge < -0.3 is 19.3 Å². The van der Waals surface area contributed by atoms with E-state index >= 15 is 0 Å². The van der Waals surface area contributed by atoms with Gasteiger partial charge in [0.25, 0.3) is 0 Å². The highest BCUT2D eigenvalue weighted by atomic mass is 16.6. The minimum absolute atomic E-state index is 0.100. The van der Waals surface area contributed by atoms with Crippen LogP contribution in [0.1, 0.15) is 32.6 Å². The van der Waals surface area contributed by atoms with E-state index in [1.807, 2.05) is 4.90 Å². The van der Waals surface area contributed by atoms with Crippen molar-refractivity contribution in [2.24, 2.45) is 0 Å². The zero-order chi connectivity index (χ0) is 18.7. The van der Waals surface area contributed by atoms with E-state index in [1.165, 1.54) is 12.8 Å². The molecule has 1 spiro atoms. The number of likely N-dealkylation sites (tertiary alicyclic amines) is 1. The molecule has 0 N–H and O–H groups in total. The molecule has 4 aliphatic heterocycles. The van der Waals surface area contributed by atoms with Gasteiger partial charge in [0.1, 0.15) is 5.60 Å². The summed E-state index contributed by atoms with van der Waals surface area (Å²) in [6.07, 6.45) is 4.23. The van der Waals surface area contributed by atoms with Crippen LogP contribution in [0.25, 0.3) is 0 Å². The summed E-state index contributed by atoms with van der Waals surface area (Å²) in [5.41, 5.74) is -0.246. The van der Waals surface area contributed by atoms with Gasteiger partial charge >= 0.3 is 6.09 Å². The Morgan fingerprint density at radius 1 is 1.04 bits per heavy atom. The van der Waals surface area contributed by atoms with Gasteiger partial charge in [-0.25, -0.2) is 4.79 Å². The predicted molar refractivity (Wildman–Crippen MR) is 104 cm³/mol. The summed E-state index contributed by atoms with van der Waals surface area (Å²) in [7, 11) is 0. The molecule has 154 valence electrons. The molecule has 7 nitrogen and oxygen atoms in total. The summed E-state index contributed by atoms with van der Waals surface area (Å²) in [4.78, 5) is 21.9. The van der Waals surface area contributed by atoms with Crippen molar-refractivity contribution in [1.82, 2.24) is 19.6 Å². The molecule has 4 rings (SSSR count). The van der Waals surface area contributed by atoms with E-state index in [-0.39, 0.29) is 11.7 Å². The molecule has 7 heteroatoms. The molecule has 0 aliphatic carbocycles. The van der Waals surface area contributed by atoms with Crippen LogP contribution in [0.5, 0.6) is 0 Å². The minimum Gasteiger partial charge on any atom is -0.441 e. The number of carbonyl (C=O) groups excluding carboxylic acids is 1. The summed E-state index contributed by atoms with van der Waals surface area (Å²) >= 11 is 0. The van der Waals surface area contributed by atoms with Crippen molar-refractivity contribution in [3.05, 3.63) is 0 Å². The topological polar surface area (TPSA) is 48.5 Å². The Bertz CT molecular complexity index is 495. The molecule has 0 aromatic rings. The Hall–Kier alpha value is -0.890. The first-order valence-corrected chi connectivity index (χ1v) is 10.9. The second-order valence-corrected chi connectivity index (χ2v) is 8.66. The highest BCUT2D eigenvalue weighted by Gasteiger charge is 2.47. The molecule has 0 saturated carbocycles. The van der Waals surface area contributed by atoms with Crippen molar-refractivity contribution in [3.63, 3.8) is 0 Å². The van der Waals surface area contributed by atoms with Crippen LogP contribution in [0.15, 0.2) is 0 Å². The molecule has 27 heavy (non-hydrogen) atoms. The van der Waals surface area contributed by atoms with Crippen molar-refractivity contribution >= 4 is 6.09 Å². The zero-order valence-corrected chi connectivity index (χ0v) is 16.9. The van der Waals surface area contributed by atoms with Crippen molar-refractivity contribution in [1.29, 1.82) is 0 Å². The third kappa shape index (κ3) is 4.58. The normalized spacial score (nSPS) is 30.8. The van der Waals surface area contributed by atoms with Crippen molar-refractivity contribution in [2.45, 2.75) is 44.2 Å². The molecule has 1 amide bonds. The van der Waals surface area contributed by atoms with Crippen molar-refractivity contribution < 1.29 is 14.3 Å². The smallest absolute Gasteiger partial charge is 0.410 e. The maximum atomic E-state index is 12.4. The highest BCUT2D eigenvalue weighted by Crippen LogP contribution is 2.34. The average molecular weight is 381 g/mol. The molecule has 0 aromatic carbocycles. The Labute approximate surface area is 163 Å². The van der Waals surface area contributed by atoms with Crippen LogP contribution in [0.3, 0.4) is 0 Å². The third-order valence-electron chi connectivity index (χ3n) is 7.00. The van der Waals surface area contributed by atoms with Crippen molar-refractivity contribution in [3.8, 4) is 0 Å². The van der Waals surface area contributed by atoms with Crippen LogP contribution in [0, 0.1) is 0 Å². The summed E-state index contributed by atoms with van der Waals surface area (Å²) < 4.78 is 11.6. The Kier molecular flexibility index (Phi) is 6.21. The van der Waals surface area contributed by atoms with E-state index in [2.05, 4.69) is 21.6 Å². The quantitative estimate of drug-likeness (QED) is 0.712. The van der Waals surface area contributed by atoms with E-state index in [9.17, 15) is 4.79 Å². The van der Waals surface area contributed by atoms with Crippen LogP contribution >= 0.6 is 0 Å². The van der Waals surface area contributed by atoms with Gasteiger partial charge in [-0.2, -0.15) is 0 Å². The molecular formula is C20H36N4O3. The molecule has 0 unspecified atom stereocenters. The highest BCUT2D eigenvalue weighted by molar-refractivity contribution is 5.70. The number of rotatable bonds is 5. The molecule has 1 atom stereocenters. The number of nitrogens with zero attached hydrogens (tertiary/aromatic N) is 4. The Morgan fingerprint density at radius 3 is 2.44 bits per heavy atom. The number of likely N-dealkylation sites (N-methyl/N-ethyl adjacent to an activating group) is 1. The molecule has 4 fully saturated rings. The molecule has 0 aromatic heterocycles. The van der Waals surface area contributed by atoms with Crippen LogP contribution < -0.4 is 0 Å². The molecule has 0 radical (unpaired) electrons. The second kappa shape index (κ2) is 8.64. The molecule has 4 saturated heterocycles. The number of piperidine rings is 1. The second-order valence-electron chi connectivity index (χ2n) is 8.66. The first kappa shape index (κ1) is 19.4. The number of piperazine rings is 1. The Balaban J connectivity index is 1.22. The fourth-order valence-corrected chi connectivity index (χ4v) is 5.02.